The third-order valence-electron chi connectivity index (χ3n) is 4.39. The molecular formula is C23H21FN2O2. The second kappa shape index (κ2) is 8.95. The number of carbonyl (C=O) groups excluding carboxylic acids is 2. The van der Waals surface area contributed by atoms with Gasteiger partial charge in [-0.25, -0.2) is 4.39 Å². The van der Waals surface area contributed by atoms with Crippen LogP contribution in [0.15, 0.2) is 78.9 Å². The SMILES string of the molecule is Cc1cc(F)ccc1NC(=O)C(Cc1ccccc1)NC(=O)c1ccccc1. The second-order valence-corrected chi connectivity index (χ2v) is 6.53. The summed E-state index contributed by atoms with van der Waals surface area (Å²) in [5.41, 5.74) is 2.53. The first-order chi connectivity index (χ1) is 13.5. The lowest BCUT2D eigenvalue weighted by molar-refractivity contribution is -0.118. The fourth-order valence-corrected chi connectivity index (χ4v) is 2.88. The van der Waals surface area contributed by atoms with E-state index in [0.717, 1.165) is 5.56 Å². The highest BCUT2D eigenvalue weighted by Gasteiger charge is 2.22. The van der Waals surface area contributed by atoms with Crippen molar-refractivity contribution in [1.29, 1.82) is 0 Å². The van der Waals surface area contributed by atoms with Gasteiger partial charge in [-0.2, -0.15) is 0 Å². The number of nitrogens with one attached hydrogen (secondary N) is 2. The molecule has 5 heteroatoms. The number of anilines is 1. The number of carbonyl (C=O) groups is 2. The zero-order chi connectivity index (χ0) is 19.9. The maximum atomic E-state index is 13.3. The molecule has 28 heavy (non-hydrogen) atoms. The molecule has 1 atom stereocenters. The topological polar surface area (TPSA) is 58.2 Å². The van der Waals surface area contributed by atoms with Crippen LogP contribution in [-0.2, 0) is 11.2 Å². The zero-order valence-electron chi connectivity index (χ0n) is 15.5. The highest BCUT2D eigenvalue weighted by atomic mass is 19.1. The van der Waals surface area contributed by atoms with E-state index in [1.165, 1.54) is 18.2 Å². The van der Waals surface area contributed by atoms with Gasteiger partial charge < -0.3 is 10.6 Å². The van der Waals surface area contributed by atoms with Crippen LogP contribution in [-0.4, -0.2) is 17.9 Å². The standard InChI is InChI=1S/C23H21FN2O2/c1-16-14-19(24)12-13-20(16)25-23(28)21(15-17-8-4-2-5-9-17)26-22(27)18-10-6-3-7-11-18/h2-14,21H,15H2,1H3,(H,25,28)(H,26,27). The van der Waals surface area contributed by atoms with E-state index < -0.39 is 6.04 Å². The number of halogens is 1. The Morgan fingerprint density at radius 3 is 2.21 bits per heavy atom. The first-order valence-electron chi connectivity index (χ1n) is 9.00. The van der Waals surface area contributed by atoms with Gasteiger partial charge in [-0.3, -0.25) is 9.59 Å². The predicted molar refractivity (Wildman–Crippen MR) is 108 cm³/mol. The van der Waals surface area contributed by atoms with Crippen LogP contribution >= 0.6 is 0 Å². The molecule has 0 saturated carbocycles. The third kappa shape index (κ3) is 5.04. The maximum Gasteiger partial charge on any atom is 0.251 e. The van der Waals surface area contributed by atoms with Crippen molar-refractivity contribution in [2.45, 2.75) is 19.4 Å². The smallest absolute Gasteiger partial charge is 0.251 e. The van der Waals surface area contributed by atoms with Crippen molar-refractivity contribution in [1.82, 2.24) is 5.32 Å². The summed E-state index contributed by atoms with van der Waals surface area (Å²) in [5, 5.41) is 5.60. The average molecular weight is 376 g/mol. The monoisotopic (exact) mass is 376 g/mol. The van der Waals surface area contributed by atoms with E-state index in [9.17, 15) is 14.0 Å². The summed E-state index contributed by atoms with van der Waals surface area (Å²) in [5.74, 6) is -1.05. The van der Waals surface area contributed by atoms with Crippen LogP contribution in [0.4, 0.5) is 10.1 Å². The van der Waals surface area contributed by atoms with Crippen molar-refractivity contribution < 1.29 is 14.0 Å². The van der Waals surface area contributed by atoms with Crippen molar-refractivity contribution in [3.05, 3.63) is 101 Å². The summed E-state index contributed by atoms with van der Waals surface area (Å²) >= 11 is 0. The van der Waals surface area contributed by atoms with Gasteiger partial charge in [0.25, 0.3) is 5.91 Å². The number of rotatable bonds is 6. The van der Waals surface area contributed by atoms with Gasteiger partial charge in [0, 0.05) is 17.7 Å². The number of hydrogen-bond donors (Lipinski definition) is 2. The summed E-state index contributed by atoms with van der Waals surface area (Å²) in [6.45, 7) is 1.72. The molecule has 0 radical (unpaired) electrons. The number of benzene rings is 3. The highest BCUT2D eigenvalue weighted by molar-refractivity contribution is 6.01. The maximum absolute atomic E-state index is 13.3. The molecule has 0 heterocycles. The van der Waals surface area contributed by atoms with E-state index in [0.29, 0.717) is 23.2 Å². The molecule has 0 fully saturated rings. The van der Waals surface area contributed by atoms with Gasteiger partial charge in [0.15, 0.2) is 0 Å². The molecular weight excluding hydrogens is 355 g/mol. The molecule has 3 aromatic carbocycles. The van der Waals surface area contributed by atoms with Crippen molar-refractivity contribution in [3.63, 3.8) is 0 Å². The summed E-state index contributed by atoms with van der Waals surface area (Å²) in [6.07, 6.45) is 0.339. The van der Waals surface area contributed by atoms with E-state index >= 15 is 0 Å². The Bertz CT molecular complexity index is 959. The summed E-state index contributed by atoms with van der Waals surface area (Å²) < 4.78 is 13.3. The molecule has 0 aliphatic rings. The molecule has 4 nitrogen and oxygen atoms in total. The highest BCUT2D eigenvalue weighted by Crippen LogP contribution is 2.16. The largest absolute Gasteiger partial charge is 0.340 e. The van der Waals surface area contributed by atoms with E-state index in [2.05, 4.69) is 10.6 Å². The van der Waals surface area contributed by atoms with Gasteiger partial charge in [-0.1, -0.05) is 48.5 Å². The Kier molecular flexibility index (Phi) is 6.17. The fraction of sp³-hybridized carbons (Fsp3) is 0.130. The Morgan fingerprint density at radius 1 is 0.929 bits per heavy atom. The molecule has 0 aromatic heterocycles. The molecule has 0 bridgehead atoms. The van der Waals surface area contributed by atoms with E-state index in [1.807, 2.05) is 36.4 Å². The number of amides is 2. The van der Waals surface area contributed by atoms with Crippen molar-refractivity contribution in [2.75, 3.05) is 5.32 Å². The van der Waals surface area contributed by atoms with Crippen LogP contribution in [0.5, 0.6) is 0 Å². The first kappa shape index (κ1) is 19.3. The van der Waals surface area contributed by atoms with Gasteiger partial charge in [-0.05, 0) is 48.4 Å². The zero-order valence-corrected chi connectivity index (χ0v) is 15.5. The second-order valence-electron chi connectivity index (χ2n) is 6.53. The minimum absolute atomic E-state index is 0.326. The number of hydrogen-bond acceptors (Lipinski definition) is 2. The lowest BCUT2D eigenvalue weighted by Crippen LogP contribution is -2.45. The van der Waals surface area contributed by atoms with E-state index in [4.69, 9.17) is 0 Å². The molecule has 2 N–H and O–H groups in total. The predicted octanol–water partition coefficient (Wildman–Crippen LogP) is 4.11. The van der Waals surface area contributed by atoms with Gasteiger partial charge in [-0.15, -0.1) is 0 Å². The molecule has 3 aromatic rings. The summed E-state index contributed by atoms with van der Waals surface area (Å²) in [4.78, 5) is 25.5. The van der Waals surface area contributed by atoms with Crippen molar-refractivity contribution in [2.24, 2.45) is 0 Å². The molecule has 0 aliphatic heterocycles. The minimum atomic E-state index is -0.778. The first-order valence-corrected chi connectivity index (χ1v) is 9.00. The molecule has 3 rings (SSSR count). The van der Waals surface area contributed by atoms with Crippen LogP contribution in [0.3, 0.4) is 0 Å². The molecule has 0 aliphatic carbocycles. The number of aryl methyl sites for hydroxylation is 1. The van der Waals surface area contributed by atoms with Crippen LogP contribution in [0, 0.1) is 12.7 Å². The van der Waals surface area contributed by atoms with Gasteiger partial charge in [0.2, 0.25) is 5.91 Å². The lowest BCUT2D eigenvalue weighted by atomic mass is 10.0. The lowest BCUT2D eigenvalue weighted by Gasteiger charge is -2.19. The molecule has 142 valence electrons. The Labute approximate surface area is 163 Å². The third-order valence-corrected chi connectivity index (χ3v) is 4.39. The normalized spacial score (nSPS) is 11.5. The van der Waals surface area contributed by atoms with E-state index in [1.54, 1.807) is 31.2 Å². The van der Waals surface area contributed by atoms with Gasteiger partial charge in [0.05, 0.1) is 0 Å². The van der Waals surface area contributed by atoms with Crippen LogP contribution in [0.1, 0.15) is 21.5 Å². The fourth-order valence-electron chi connectivity index (χ4n) is 2.88. The van der Waals surface area contributed by atoms with Gasteiger partial charge >= 0.3 is 0 Å². The van der Waals surface area contributed by atoms with Crippen LogP contribution < -0.4 is 10.6 Å². The Morgan fingerprint density at radius 2 is 1.57 bits per heavy atom. The van der Waals surface area contributed by atoms with Crippen LogP contribution in [0.25, 0.3) is 0 Å². The Balaban J connectivity index is 1.80. The van der Waals surface area contributed by atoms with Crippen LogP contribution in [0.2, 0.25) is 0 Å². The quantitative estimate of drug-likeness (QED) is 0.680. The van der Waals surface area contributed by atoms with Crippen molar-refractivity contribution >= 4 is 17.5 Å². The average Bonchev–Trinajstić information content (AvgIpc) is 2.71. The molecule has 1 unspecified atom stereocenters. The molecule has 0 spiro atoms. The van der Waals surface area contributed by atoms with E-state index in [-0.39, 0.29) is 17.6 Å². The van der Waals surface area contributed by atoms with Crippen molar-refractivity contribution in [3.8, 4) is 0 Å². The summed E-state index contributed by atoms with van der Waals surface area (Å²) in [6, 6.07) is 21.6. The summed E-state index contributed by atoms with van der Waals surface area (Å²) in [7, 11) is 0. The van der Waals surface area contributed by atoms with Gasteiger partial charge in [0.1, 0.15) is 11.9 Å². The Hall–Kier alpha value is -3.47. The minimum Gasteiger partial charge on any atom is -0.340 e. The molecule has 2 amide bonds. The molecule has 0 saturated heterocycles.